The van der Waals surface area contributed by atoms with Crippen molar-refractivity contribution in [1.82, 2.24) is 14.8 Å². The SMILES string of the molecule is COC(=O)C[C@H](CN1CC2(CCN(Cc3ccc4c(n3)NCCC4)C2)C1)c1cc(Br)cc(C(C)(C)C)c1. The minimum absolute atomic E-state index is 0.0471. The third kappa shape index (κ3) is 6.21. The van der Waals surface area contributed by atoms with Crippen LogP contribution in [-0.2, 0) is 27.9 Å². The first-order chi connectivity index (χ1) is 17.6. The van der Waals surface area contributed by atoms with Crippen molar-refractivity contribution in [3.8, 4) is 0 Å². The molecule has 1 N–H and O–H groups in total. The fourth-order valence-electron chi connectivity index (χ4n) is 6.30. The van der Waals surface area contributed by atoms with Gasteiger partial charge >= 0.3 is 5.97 Å². The molecule has 0 radical (unpaired) electrons. The van der Waals surface area contributed by atoms with E-state index >= 15 is 0 Å². The zero-order valence-corrected chi connectivity index (χ0v) is 24.4. The average molecular weight is 570 g/mol. The largest absolute Gasteiger partial charge is 0.469 e. The fraction of sp³-hybridized carbons (Fsp3) is 0.600. The number of hydrogen-bond acceptors (Lipinski definition) is 6. The van der Waals surface area contributed by atoms with Crippen LogP contribution in [0.5, 0.6) is 0 Å². The smallest absolute Gasteiger partial charge is 0.306 e. The highest BCUT2D eigenvalue weighted by Crippen LogP contribution is 2.42. The average Bonchev–Trinajstić information content (AvgIpc) is 3.26. The lowest BCUT2D eigenvalue weighted by atomic mass is 9.77. The predicted molar refractivity (Wildman–Crippen MR) is 152 cm³/mol. The van der Waals surface area contributed by atoms with Gasteiger partial charge in [0, 0.05) is 55.1 Å². The summed E-state index contributed by atoms with van der Waals surface area (Å²) in [6.45, 7) is 14.0. The minimum atomic E-state index is -0.142. The highest BCUT2D eigenvalue weighted by atomic mass is 79.9. The van der Waals surface area contributed by atoms with Crippen LogP contribution in [0.4, 0.5) is 5.82 Å². The van der Waals surface area contributed by atoms with Gasteiger partial charge in [0.25, 0.3) is 0 Å². The lowest BCUT2D eigenvalue weighted by Gasteiger charge is -2.49. The molecule has 3 aliphatic heterocycles. The van der Waals surface area contributed by atoms with Crippen LogP contribution in [0.3, 0.4) is 0 Å². The molecule has 2 fully saturated rings. The Kier molecular flexibility index (Phi) is 7.68. The first-order valence-electron chi connectivity index (χ1n) is 13.7. The maximum Gasteiger partial charge on any atom is 0.306 e. The van der Waals surface area contributed by atoms with E-state index in [4.69, 9.17) is 9.72 Å². The summed E-state index contributed by atoms with van der Waals surface area (Å²) in [5.74, 6) is 1.07. The first kappa shape index (κ1) is 26.6. The van der Waals surface area contributed by atoms with Gasteiger partial charge in [0.05, 0.1) is 19.2 Å². The summed E-state index contributed by atoms with van der Waals surface area (Å²) in [5, 5.41) is 3.46. The summed E-state index contributed by atoms with van der Waals surface area (Å²) >= 11 is 3.71. The number of anilines is 1. The van der Waals surface area contributed by atoms with Crippen molar-refractivity contribution in [2.45, 2.75) is 64.3 Å². The summed E-state index contributed by atoms with van der Waals surface area (Å²) in [5.41, 5.74) is 5.43. The topological polar surface area (TPSA) is 57.7 Å². The van der Waals surface area contributed by atoms with Crippen molar-refractivity contribution >= 4 is 27.7 Å². The number of ether oxygens (including phenoxy) is 1. The van der Waals surface area contributed by atoms with Crippen molar-refractivity contribution in [3.05, 3.63) is 57.2 Å². The van der Waals surface area contributed by atoms with Crippen LogP contribution >= 0.6 is 15.9 Å². The zero-order chi connectivity index (χ0) is 26.2. The summed E-state index contributed by atoms with van der Waals surface area (Å²) < 4.78 is 6.15. The Morgan fingerprint density at radius 2 is 1.97 bits per heavy atom. The van der Waals surface area contributed by atoms with E-state index in [9.17, 15) is 4.79 Å². The van der Waals surface area contributed by atoms with E-state index in [0.717, 1.165) is 62.5 Å². The van der Waals surface area contributed by atoms with Gasteiger partial charge in [-0.25, -0.2) is 4.98 Å². The highest BCUT2D eigenvalue weighted by molar-refractivity contribution is 9.10. The molecule has 0 saturated carbocycles. The molecule has 200 valence electrons. The Bertz CT molecular complexity index is 1140. The number of carbonyl (C=O) groups excluding carboxylic acids is 1. The summed E-state index contributed by atoms with van der Waals surface area (Å²) in [7, 11) is 1.49. The molecular weight excluding hydrogens is 528 g/mol. The molecule has 0 aliphatic carbocycles. The molecule has 1 aromatic carbocycles. The highest BCUT2D eigenvalue weighted by Gasteiger charge is 2.47. The number of nitrogens with zero attached hydrogens (tertiary/aromatic N) is 3. The molecule has 3 aliphatic rings. The van der Waals surface area contributed by atoms with E-state index in [1.165, 1.54) is 42.3 Å². The summed E-state index contributed by atoms with van der Waals surface area (Å²) in [6, 6.07) is 11.1. The Hall–Kier alpha value is -1.96. The number of aromatic nitrogens is 1. The van der Waals surface area contributed by atoms with Crippen molar-refractivity contribution < 1.29 is 9.53 Å². The minimum Gasteiger partial charge on any atom is -0.469 e. The van der Waals surface area contributed by atoms with E-state index < -0.39 is 0 Å². The number of fused-ring (bicyclic) bond motifs is 1. The third-order valence-electron chi connectivity index (χ3n) is 8.35. The van der Waals surface area contributed by atoms with Gasteiger partial charge in [-0.05, 0) is 66.1 Å². The Morgan fingerprint density at radius 3 is 2.73 bits per heavy atom. The van der Waals surface area contributed by atoms with Crippen LogP contribution < -0.4 is 5.32 Å². The molecule has 0 unspecified atom stereocenters. The Balaban J connectivity index is 1.21. The van der Waals surface area contributed by atoms with Gasteiger partial charge in [-0.2, -0.15) is 0 Å². The van der Waals surface area contributed by atoms with E-state index in [1.54, 1.807) is 0 Å². The fourth-order valence-corrected chi connectivity index (χ4v) is 6.81. The molecule has 1 aromatic heterocycles. The zero-order valence-electron chi connectivity index (χ0n) is 22.8. The maximum atomic E-state index is 12.3. The second-order valence-corrected chi connectivity index (χ2v) is 13.4. The number of likely N-dealkylation sites (tertiary alicyclic amines) is 2. The molecule has 2 aromatic rings. The van der Waals surface area contributed by atoms with Crippen LogP contribution in [0.2, 0.25) is 0 Å². The Labute approximate surface area is 230 Å². The number of halogens is 1. The lowest BCUT2D eigenvalue weighted by Crippen LogP contribution is -2.58. The second kappa shape index (κ2) is 10.7. The molecule has 37 heavy (non-hydrogen) atoms. The third-order valence-corrected chi connectivity index (χ3v) is 8.81. The molecule has 6 nitrogen and oxygen atoms in total. The predicted octanol–water partition coefficient (Wildman–Crippen LogP) is 5.35. The molecule has 4 heterocycles. The number of benzene rings is 1. The number of nitrogens with one attached hydrogen (secondary N) is 1. The lowest BCUT2D eigenvalue weighted by molar-refractivity contribution is -0.141. The maximum absolute atomic E-state index is 12.3. The van der Waals surface area contributed by atoms with Gasteiger partial charge < -0.3 is 15.0 Å². The molecule has 0 amide bonds. The number of aryl methyl sites for hydroxylation is 1. The van der Waals surface area contributed by atoms with E-state index in [-0.39, 0.29) is 17.3 Å². The van der Waals surface area contributed by atoms with E-state index in [1.807, 2.05) is 0 Å². The molecule has 0 bridgehead atoms. The van der Waals surface area contributed by atoms with Crippen molar-refractivity contribution in [3.63, 3.8) is 0 Å². The molecule has 1 spiro atoms. The van der Waals surface area contributed by atoms with Crippen molar-refractivity contribution in [2.75, 3.05) is 51.7 Å². The van der Waals surface area contributed by atoms with Crippen LogP contribution in [-0.4, -0.2) is 67.1 Å². The monoisotopic (exact) mass is 568 g/mol. The first-order valence-corrected chi connectivity index (χ1v) is 14.5. The molecular formula is C30H41BrN4O2. The van der Waals surface area contributed by atoms with Gasteiger partial charge in [0.15, 0.2) is 0 Å². The number of pyridine rings is 1. The molecule has 5 rings (SSSR count). The van der Waals surface area contributed by atoms with Gasteiger partial charge in [-0.3, -0.25) is 9.69 Å². The van der Waals surface area contributed by atoms with Gasteiger partial charge in [-0.15, -0.1) is 0 Å². The van der Waals surface area contributed by atoms with Crippen molar-refractivity contribution in [2.24, 2.45) is 5.41 Å². The molecule has 2 saturated heterocycles. The number of carbonyl (C=O) groups is 1. The van der Waals surface area contributed by atoms with Crippen LogP contribution in [0.25, 0.3) is 0 Å². The summed E-state index contributed by atoms with van der Waals surface area (Å²) in [4.78, 5) is 22.4. The van der Waals surface area contributed by atoms with Gasteiger partial charge in [0.1, 0.15) is 5.82 Å². The van der Waals surface area contributed by atoms with E-state index in [2.05, 4.69) is 82.1 Å². The quantitative estimate of drug-likeness (QED) is 0.454. The number of esters is 1. The number of hydrogen-bond donors (Lipinski definition) is 1. The molecule has 7 heteroatoms. The number of rotatable bonds is 7. The van der Waals surface area contributed by atoms with Gasteiger partial charge in [0.2, 0.25) is 0 Å². The van der Waals surface area contributed by atoms with E-state index in [0.29, 0.717) is 11.8 Å². The second-order valence-electron chi connectivity index (χ2n) is 12.5. The summed E-state index contributed by atoms with van der Waals surface area (Å²) in [6.07, 6.45) is 3.97. The van der Waals surface area contributed by atoms with Crippen LogP contribution in [0, 0.1) is 5.41 Å². The van der Waals surface area contributed by atoms with Crippen LogP contribution in [0.15, 0.2) is 34.8 Å². The van der Waals surface area contributed by atoms with Crippen LogP contribution in [0.1, 0.15) is 68.3 Å². The van der Waals surface area contributed by atoms with Crippen molar-refractivity contribution in [1.29, 1.82) is 0 Å². The Morgan fingerprint density at radius 1 is 1.19 bits per heavy atom. The number of methoxy groups -OCH3 is 1. The van der Waals surface area contributed by atoms with Gasteiger partial charge in [-0.1, -0.05) is 48.8 Å². The standard InChI is InChI=1S/C30H41BrN4O2/c1-29(2,3)24-12-22(13-25(31)15-24)23(14-27(36)37-4)16-35-19-30(20-35)9-11-34(18-30)17-26-8-7-21-6-5-10-32-28(21)33-26/h7-8,12-13,15,23H,5-6,9-11,14,16-20H2,1-4H3,(H,32,33)/t23-/m1/s1. The molecule has 1 atom stereocenters. The normalized spacial score (nSPS) is 20.2.